The molecule has 3 unspecified atom stereocenters. The largest absolute Gasteiger partial charge is 0.373 e. The summed E-state index contributed by atoms with van der Waals surface area (Å²) in [5, 5.41) is 0. The van der Waals surface area contributed by atoms with Crippen LogP contribution >= 0.6 is 31.9 Å². The van der Waals surface area contributed by atoms with Crippen LogP contribution in [0.25, 0.3) is 0 Å². The molecule has 0 amide bonds. The minimum Gasteiger partial charge on any atom is -0.373 e. The zero-order valence-corrected chi connectivity index (χ0v) is 14.0. The van der Waals surface area contributed by atoms with Crippen molar-refractivity contribution in [2.24, 2.45) is 0 Å². The van der Waals surface area contributed by atoms with Gasteiger partial charge in [-0.15, -0.1) is 0 Å². The van der Waals surface area contributed by atoms with Gasteiger partial charge in [-0.25, -0.2) is 13.1 Å². The first kappa shape index (κ1) is 14.0. The molecule has 0 saturated carbocycles. The number of sulfonamides is 1. The van der Waals surface area contributed by atoms with Gasteiger partial charge in [0.2, 0.25) is 10.0 Å². The van der Waals surface area contributed by atoms with E-state index in [0.29, 0.717) is 4.47 Å². The second kappa shape index (κ2) is 5.11. The lowest BCUT2D eigenvalue weighted by Gasteiger charge is -2.20. The average molecular weight is 411 g/mol. The van der Waals surface area contributed by atoms with Crippen LogP contribution in [0.1, 0.15) is 19.3 Å². The molecule has 104 valence electrons. The lowest BCUT2D eigenvalue weighted by molar-refractivity contribution is 0.0996. The highest BCUT2D eigenvalue weighted by Gasteiger charge is 2.42. The van der Waals surface area contributed by atoms with E-state index in [4.69, 9.17) is 4.74 Å². The maximum absolute atomic E-state index is 12.4. The summed E-state index contributed by atoms with van der Waals surface area (Å²) in [5.74, 6) is 0. The van der Waals surface area contributed by atoms with E-state index in [1.165, 1.54) is 0 Å². The molecule has 0 aliphatic carbocycles. The van der Waals surface area contributed by atoms with Crippen molar-refractivity contribution < 1.29 is 13.2 Å². The molecule has 2 bridgehead atoms. The molecule has 1 aromatic carbocycles. The number of benzene rings is 1. The van der Waals surface area contributed by atoms with Crippen LogP contribution in [-0.4, -0.2) is 26.7 Å². The highest BCUT2D eigenvalue weighted by Crippen LogP contribution is 2.35. The quantitative estimate of drug-likeness (QED) is 0.833. The lowest BCUT2D eigenvalue weighted by atomic mass is 9.96. The molecule has 19 heavy (non-hydrogen) atoms. The molecule has 7 heteroatoms. The van der Waals surface area contributed by atoms with Crippen molar-refractivity contribution in [1.29, 1.82) is 0 Å². The predicted octanol–water partition coefficient (Wildman–Crippen LogP) is 2.81. The number of hydrogen-bond acceptors (Lipinski definition) is 3. The predicted molar refractivity (Wildman–Crippen MR) is 78.5 cm³/mol. The van der Waals surface area contributed by atoms with Crippen molar-refractivity contribution in [2.75, 3.05) is 0 Å². The van der Waals surface area contributed by atoms with Crippen LogP contribution in [0.5, 0.6) is 0 Å². The summed E-state index contributed by atoms with van der Waals surface area (Å²) >= 11 is 6.58. The Kier molecular flexibility index (Phi) is 3.77. The summed E-state index contributed by atoms with van der Waals surface area (Å²) in [5.41, 5.74) is 0. The Balaban J connectivity index is 1.85. The minimum absolute atomic E-state index is 0.0331. The smallest absolute Gasteiger partial charge is 0.242 e. The average Bonchev–Trinajstić information content (AvgIpc) is 2.93. The van der Waals surface area contributed by atoms with Gasteiger partial charge in [0.15, 0.2) is 0 Å². The molecule has 1 N–H and O–H groups in total. The van der Waals surface area contributed by atoms with E-state index in [9.17, 15) is 8.42 Å². The minimum atomic E-state index is -3.53. The maximum Gasteiger partial charge on any atom is 0.242 e. The Bertz CT molecular complexity index is 605. The van der Waals surface area contributed by atoms with Gasteiger partial charge in [0, 0.05) is 8.95 Å². The monoisotopic (exact) mass is 409 g/mol. The van der Waals surface area contributed by atoms with Crippen molar-refractivity contribution in [3.63, 3.8) is 0 Å². The fourth-order valence-corrected chi connectivity index (χ4v) is 5.49. The lowest BCUT2D eigenvalue weighted by Crippen LogP contribution is -2.41. The first-order valence-corrected chi connectivity index (χ1v) is 9.15. The molecule has 0 radical (unpaired) electrons. The molecule has 3 atom stereocenters. The third kappa shape index (κ3) is 2.76. The highest BCUT2D eigenvalue weighted by atomic mass is 79.9. The van der Waals surface area contributed by atoms with E-state index in [0.717, 1.165) is 23.7 Å². The Morgan fingerprint density at radius 1 is 1.26 bits per heavy atom. The summed E-state index contributed by atoms with van der Waals surface area (Å²) in [4.78, 5) is 0.254. The van der Waals surface area contributed by atoms with Crippen LogP contribution in [0.3, 0.4) is 0 Å². The first-order valence-electron chi connectivity index (χ1n) is 6.08. The van der Waals surface area contributed by atoms with Crippen LogP contribution < -0.4 is 4.72 Å². The van der Waals surface area contributed by atoms with E-state index in [-0.39, 0.29) is 23.1 Å². The molecule has 2 aliphatic rings. The van der Waals surface area contributed by atoms with Gasteiger partial charge in [-0.05, 0) is 53.4 Å². The van der Waals surface area contributed by atoms with Gasteiger partial charge in [0.05, 0.1) is 23.1 Å². The van der Waals surface area contributed by atoms with Gasteiger partial charge in [0.25, 0.3) is 0 Å². The molecule has 3 rings (SSSR count). The Hall–Kier alpha value is 0.0500. The topological polar surface area (TPSA) is 55.4 Å². The highest BCUT2D eigenvalue weighted by molar-refractivity contribution is 9.11. The molecular weight excluding hydrogens is 398 g/mol. The van der Waals surface area contributed by atoms with Gasteiger partial charge in [-0.1, -0.05) is 15.9 Å². The molecule has 4 nitrogen and oxygen atoms in total. The number of halogens is 2. The second-order valence-corrected chi connectivity index (χ2v) is 8.36. The summed E-state index contributed by atoms with van der Waals surface area (Å²) in [7, 11) is -3.53. The van der Waals surface area contributed by atoms with Gasteiger partial charge in [0.1, 0.15) is 0 Å². The van der Waals surface area contributed by atoms with Crippen molar-refractivity contribution in [2.45, 2.75) is 42.4 Å². The summed E-state index contributed by atoms with van der Waals surface area (Å²) in [6.45, 7) is 0. The van der Waals surface area contributed by atoms with Crippen LogP contribution in [0.15, 0.2) is 32.0 Å². The third-order valence-electron chi connectivity index (χ3n) is 3.60. The summed E-state index contributed by atoms with van der Waals surface area (Å²) < 4.78 is 34.6. The molecule has 2 aliphatic heterocycles. The summed E-state index contributed by atoms with van der Waals surface area (Å²) in [6.07, 6.45) is 3.02. The molecule has 2 fully saturated rings. The summed E-state index contributed by atoms with van der Waals surface area (Å²) in [6, 6.07) is 5.01. The molecule has 2 saturated heterocycles. The fraction of sp³-hybridized carbons (Fsp3) is 0.500. The van der Waals surface area contributed by atoms with Crippen LogP contribution in [-0.2, 0) is 14.8 Å². The number of rotatable bonds is 3. The zero-order valence-electron chi connectivity index (χ0n) is 9.97. The van der Waals surface area contributed by atoms with Crippen molar-refractivity contribution in [3.05, 3.63) is 27.1 Å². The van der Waals surface area contributed by atoms with Gasteiger partial charge in [-0.3, -0.25) is 0 Å². The van der Waals surface area contributed by atoms with Gasteiger partial charge >= 0.3 is 0 Å². The first-order chi connectivity index (χ1) is 8.95. The van der Waals surface area contributed by atoms with Crippen LogP contribution in [0.2, 0.25) is 0 Å². The molecule has 1 aromatic rings. The van der Waals surface area contributed by atoms with Crippen LogP contribution in [0, 0.1) is 0 Å². The molecule has 2 heterocycles. The van der Waals surface area contributed by atoms with Crippen LogP contribution in [0.4, 0.5) is 0 Å². The van der Waals surface area contributed by atoms with E-state index in [2.05, 4.69) is 36.6 Å². The maximum atomic E-state index is 12.4. The number of hydrogen-bond donors (Lipinski definition) is 1. The molecule has 0 spiro atoms. The fourth-order valence-electron chi connectivity index (χ4n) is 2.71. The zero-order chi connectivity index (χ0) is 13.6. The second-order valence-electron chi connectivity index (χ2n) is 4.91. The van der Waals surface area contributed by atoms with Crippen molar-refractivity contribution in [3.8, 4) is 0 Å². The van der Waals surface area contributed by atoms with Gasteiger partial charge in [-0.2, -0.15) is 0 Å². The van der Waals surface area contributed by atoms with Crippen molar-refractivity contribution >= 4 is 41.9 Å². The standard InChI is InChI=1S/C12H13Br2NO3S/c13-7-1-3-9(14)12(5-7)19(16,17)15-10-6-8-2-4-11(10)18-8/h1,3,5,8,10-11,15H,2,4,6H2. The normalized spacial score (nSPS) is 29.9. The SMILES string of the molecule is O=S(=O)(NC1CC2CCC1O2)c1cc(Br)ccc1Br. The number of fused-ring (bicyclic) bond motifs is 2. The van der Waals surface area contributed by atoms with E-state index < -0.39 is 10.0 Å². The van der Waals surface area contributed by atoms with Gasteiger partial charge < -0.3 is 4.74 Å². The van der Waals surface area contributed by atoms with Crippen molar-refractivity contribution in [1.82, 2.24) is 4.72 Å². The Labute approximate surface area is 129 Å². The van der Waals surface area contributed by atoms with E-state index in [1.807, 2.05) is 0 Å². The van der Waals surface area contributed by atoms with E-state index >= 15 is 0 Å². The van der Waals surface area contributed by atoms with E-state index in [1.54, 1.807) is 18.2 Å². The Morgan fingerprint density at radius 3 is 2.68 bits per heavy atom. The number of nitrogens with one attached hydrogen (secondary N) is 1. The third-order valence-corrected chi connectivity index (χ3v) is 6.57. The molecule has 0 aromatic heterocycles. The Morgan fingerprint density at radius 2 is 2.05 bits per heavy atom. The molecular formula is C12H13Br2NO3S. The number of ether oxygens (including phenoxy) is 1.